The van der Waals surface area contributed by atoms with Gasteiger partial charge in [0.25, 0.3) is 5.91 Å². The number of thiazole rings is 1. The topological polar surface area (TPSA) is 71.1 Å². The van der Waals surface area contributed by atoms with Crippen LogP contribution in [0.1, 0.15) is 42.5 Å². The summed E-state index contributed by atoms with van der Waals surface area (Å²) in [6, 6.07) is 13.3. The zero-order valence-electron chi connectivity index (χ0n) is 16.3. The summed E-state index contributed by atoms with van der Waals surface area (Å²) in [6.45, 7) is 0. The maximum atomic E-state index is 12.5. The zero-order valence-corrected chi connectivity index (χ0v) is 19.5. The number of halogens is 1. The number of carbonyl (C=O) groups is 2. The van der Waals surface area contributed by atoms with E-state index in [1.807, 2.05) is 36.4 Å². The Bertz CT molecular complexity index is 1060. The van der Waals surface area contributed by atoms with Crippen molar-refractivity contribution < 1.29 is 9.59 Å². The number of thioether (sulfide) groups is 1. The smallest absolute Gasteiger partial charge is 0.256 e. The van der Waals surface area contributed by atoms with Crippen LogP contribution in [0, 0.1) is 0 Å². The number of fused-ring (bicyclic) bond motifs is 1. The molecule has 30 heavy (non-hydrogen) atoms. The van der Waals surface area contributed by atoms with Crippen molar-refractivity contribution in [3.05, 3.63) is 52.5 Å². The van der Waals surface area contributed by atoms with E-state index >= 15 is 0 Å². The molecule has 0 unspecified atom stereocenters. The van der Waals surface area contributed by atoms with E-state index in [-0.39, 0.29) is 11.8 Å². The minimum Gasteiger partial charge on any atom is -0.353 e. The van der Waals surface area contributed by atoms with E-state index in [2.05, 4.69) is 31.5 Å². The van der Waals surface area contributed by atoms with E-state index in [0.29, 0.717) is 17.4 Å². The van der Waals surface area contributed by atoms with Gasteiger partial charge in [-0.3, -0.25) is 9.59 Å². The van der Waals surface area contributed by atoms with Gasteiger partial charge in [0.2, 0.25) is 5.91 Å². The van der Waals surface area contributed by atoms with E-state index in [4.69, 9.17) is 0 Å². The van der Waals surface area contributed by atoms with Crippen molar-refractivity contribution in [1.82, 2.24) is 10.3 Å². The third-order valence-electron chi connectivity index (χ3n) is 5.04. The van der Waals surface area contributed by atoms with Crippen molar-refractivity contribution >= 4 is 66.7 Å². The molecule has 0 bridgehead atoms. The fourth-order valence-corrected chi connectivity index (χ4v) is 5.91. The molecule has 8 heteroatoms. The number of nitrogens with one attached hydrogen (secondary N) is 2. The first-order valence-corrected chi connectivity index (χ1v) is 12.6. The quantitative estimate of drug-likeness (QED) is 0.413. The third kappa shape index (κ3) is 5.42. The van der Waals surface area contributed by atoms with Gasteiger partial charge < -0.3 is 10.6 Å². The van der Waals surface area contributed by atoms with Gasteiger partial charge in [0.05, 0.1) is 21.5 Å². The number of rotatable bonds is 6. The van der Waals surface area contributed by atoms with E-state index in [1.165, 1.54) is 42.4 Å². The lowest BCUT2D eigenvalue weighted by Crippen LogP contribution is -2.37. The van der Waals surface area contributed by atoms with Gasteiger partial charge >= 0.3 is 0 Å². The minimum atomic E-state index is -0.166. The van der Waals surface area contributed by atoms with E-state index in [1.54, 1.807) is 6.07 Å². The van der Waals surface area contributed by atoms with Gasteiger partial charge in [-0.25, -0.2) is 4.98 Å². The fourth-order valence-electron chi connectivity index (χ4n) is 3.53. The molecular formula is C22H22BrN3O2S2. The van der Waals surface area contributed by atoms with Crippen LogP contribution in [0.2, 0.25) is 0 Å². The molecule has 0 aliphatic heterocycles. The number of hydrogen-bond acceptors (Lipinski definition) is 5. The van der Waals surface area contributed by atoms with Crippen LogP contribution in [0.4, 0.5) is 5.69 Å². The van der Waals surface area contributed by atoms with Crippen LogP contribution in [-0.4, -0.2) is 28.6 Å². The number of aromatic nitrogens is 1. The van der Waals surface area contributed by atoms with E-state index in [9.17, 15) is 9.59 Å². The van der Waals surface area contributed by atoms with Crippen LogP contribution >= 0.6 is 39.0 Å². The highest BCUT2D eigenvalue weighted by atomic mass is 79.9. The predicted molar refractivity (Wildman–Crippen MR) is 127 cm³/mol. The molecular weight excluding hydrogens is 482 g/mol. The predicted octanol–water partition coefficient (Wildman–Crippen LogP) is 5.85. The van der Waals surface area contributed by atoms with Crippen molar-refractivity contribution in [2.24, 2.45) is 0 Å². The molecule has 2 amide bonds. The Labute approximate surface area is 192 Å². The molecule has 0 radical (unpaired) electrons. The molecule has 2 aromatic carbocycles. The molecule has 2 N–H and O–H groups in total. The summed E-state index contributed by atoms with van der Waals surface area (Å²) in [7, 11) is 0. The van der Waals surface area contributed by atoms with Crippen LogP contribution in [0.5, 0.6) is 0 Å². The molecule has 1 aliphatic carbocycles. The Morgan fingerprint density at radius 3 is 2.73 bits per heavy atom. The Morgan fingerprint density at radius 1 is 1.13 bits per heavy atom. The molecule has 1 saturated carbocycles. The highest BCUT2D eigenvalue weighted by molar-refractivity contribution is 9.10. The Morgan fingerprint density at radius 2 is 1.93 bits per heavy atom. The molecule has 1 heterocycles. The summed E-state index contributed by atoms with van der Waals surface area (Å²) in [5, 5.41) is 6.07. The number of nitrogens with zero attached hydrogens (tertiary/aromatic N) is 1. The van der Waals surface area contributed by atoms with Crippen molar-refractivity contribution in [3.8, 4) is 0 Å². The van der Waals surface area contributed by atoms with Crippen molar-refractivity contribution in [3.63, 3.8) is 0 Å². The van der Waals surface area contributed by atoms with Gasteiger partial charge in [0.15, 0.2) is 4.34 Å². The Balaban J connectivity index is 1.37. The van der Waals surface area contributed by atoms with Crippen molar-refractivity contribution in [2.45, 2.75) is 42.5 Å². The largest absolute Gasteiger partial charge is 0.353 e. The lowest BCUT2D eigenvalue weighted by Gasteiger charge is -2.22. The van der Waals surface area contributed by atoms with Gasteiger partial charge in [0, 0.05) is 16.2 Å². The zero-order chi connectivity index (χ0) is 20.9. The average Bonchev–Trinajstić information content (AvgIpc) is 3.15. The normalized spacial score (nSPS) is 14.6. The summed E-state index contributed by atoms with van der Waals surface area (Å²) in [5.41, 5.74) is 2.18. The van der Waals surface area contributed by atoms with Gasteiger partial charge in [-0.2, -0.15) is 0 Å². The standard InChI is InChI=1S/C22H22BrN3O2S2/c23-17-9-5-4-8-16(17)21(28)25-15-10-11-18-19(12-15)30-22(26-18)29-13-20(27)24-14-6-2-1-3-7-14/h4-5,8-12,14H,1-3,6-7,13H2,(H,24,27)(H,25,28). The third-order valence-corrected chi connectivity index (χ3v) is 7.89. The Kier molecular flexibility index (Phi) is 7.07. The number of amides is 2. The summed E-state index contributed by atoms with van der Waals surface area (Å²) in [4.78, 5) is 29.4. The molecule has 1 aliphatic rings. The van der Waals surface area contributed by atoms with Crippen LogP contribution in [0.15, 0.2) is 51.3 Å². The highest BCUT2D eigenvalue weighted by Crippen LogP contribution is 2.31. The number of hydrogen-bond donors (Lipinski definition) is 2. The Hall–Kier alpha value is -1.90. The SMILES string of the molecule is O=C(CSc1nc2ccc(NC(=O)c3ccccc3Br)cc2s1)NC1CCCCC1. The molecule has 5 nitrogen and oxygen atoms in total. The summed E-state index contributed by atoms with van der Waals surface area (Å²) < 4.78 is 2.60. The van der Waals surface area contributed by atoms with Gasteiger partial charge in [-0.1, -0.05) is 43.2 Å². The molecule has 156 valence electrons. The van der Waals surface area contributed by atoms with Crippen LogP contribution in [-0.2, 0) is 4.79 Å². The fraction of sp³-hybridized carbons (Fsp3) is 0.318. The second-order valence-electron chi connectivity index (χ2n) is 7.29. The first-order valence-electron chi connectivity index (χ1n) is 9.97. The van der Waals surface area contributed by atoms with Crippen LogP contribution < -0.4 is 10.6 Å². The molecule has 0 spiro atoms. The lowest BCUT2D eigenvalue weighted by atomic mass is 9.95. The number of carbonyl (C=O) groups excluding carboxylic acids is 2. The molecule has 4 rings (SSSR count). The molecule has 1 fully saturated rings. The maximum Gasteiger partial charge on any atom is 0.256 e. The van der Waals surface area contributed by atoms with Gasteiger partial charge in [-0.05, 0) is 59.1 Å². The monoisotopic (exact) mass is 503 g/mol. The lowest BCUT2D eigenvalue weighted by molar-refractivity contribution is -0.119. The minimum absolute atomic E-state index is 0.0764. The molecule has 1 aromatic heterocycles. The highest BCUT2D eigenvalue weighted by Gasteiger charge is 2.16. The first-order chi connectivity index (χ1) is 14.6. The van der Waals surface area contributed by atoms with Crippen LogP contribution in [0.3, 0.4) is 0 Å². The van der Waals surface area contributed by atoms with Crippen molar-refractivity contribution in [1.29, 1.82) is 0 Å². The molecule has 0 atom stereocenters. The first kappa shape index (κ1) is 21.3. The van der Waals surface area contributed by atoms with Crippen LogP contribution in [0.25, 0.3) is 10.2 Å². The second-order valence-corrected chi connectivity index (χ2v) is 10.4. The molecule has 0 saturated heterocycles. The van der Waals surface area contributed by atoms with E-state index < -0.39 is 0 Å². The molecule has 3 aromatic rings. The number of benzene rings is 2. The summed E-state index contributed by atoms with van der Waals surface area (Å²) >= 11 is 6.41. The number of anilines is 1. The maximum absolute atomic E-state index is 12.5. The van der Waals surface area contributed by atoms with Gasteiger partial charge in [0.1, 0.15) is 0 Å². The van der Waals surface area contributed by atoms with Crippen molar-refractivity contribution in [2.75, 3.05) is 11.1 Å². The second kappa shape index (κ2) is 9.94. The summed E-state index contributed by atoms with van der Waals surface area (Å²) in [5.74, 6) is 0.287. The van der Waals surface area contributed by atoms with E-state index in [0.717, 1.165) is 37.6 Å². The summed E-state index contributed by atoms with van der Waals surface area (Å²) in [6.07, 6.45) is 5.86. The average molecular weight is 504 g/mol. The van der Waals surface area contributed by atoms with Gasteiger partial charge in [-0.15, -0.1) is 11.3 Å².